The number of ether oxygens (including phenoxy) is 1. The third kappa shape index (κ3) is 4.90. The molecule has 0 bridgehead atoms. The van der Waals surface area contributed by atoms with Crippen molar-refractivity contribution in [1.82, 2.24) is 5.32 Å². The van der Waals surface area contributed by atoms with Gasteiger partial charge in [-0.15, -0.1) is 0 Å². The first-order chi connectivity index (χ1) is 8.84. The van der Waals surface area contributed by atoms with E-state index in [1.807, 2.05) is 0 Å². The number of halogens is 3. The van der Waals surface area contributed by atoms with Gasteiger partial charge in [0.15, 0.2) is 0 Å². The maximum Gasteiger partial charge on any atom is 0.416 e. The molecule has 6 heteroatoms. The quantitative estimate of drug-likeness (QED) is 0.897. The molecular formula is C13H16F3NO2. The standard InChI is InChI=1S/C13H16F3NO2/c1-3-19-8-12(18)17-9(2)10-4-6-11(7-5-10)13(14,15)16/h4-7,9H,3,8H2,1-2H3,(H,17,18). The second-order valence-corrected chi connectivity index (χ2v) is 4.05. The van der Waals surface area contributed by atoms with Crippen molar-refractivity contribution in [2.45, 2.75) is 26.1 Å². The Hall–Kier alpha value is -1.56. The summed E-state index contributed by atoms with van der Waals surface area (Å²) in [6.07, 6.45) is -4.35. The van der Waals surface area contributed by atoms with Gasteiger partial charge in [0.2, 0.25) is 5.91 Å². The molecule has 1 N–H and O–H groups in total. The van der Waals surface area contributed by atoms with Crippen molar-refractivity contribution in [1.29, 1.82) is 0 Å². The van der Waals surface area contributed by atoms with Crippen LogP contribution in [0.25, 0.3) is 0 Å². The van der Waals surface area contributed by atoms with Crippen LogP contribution >= 0.6 is 0 Å². The Morgan fingerprint density at radius 3 is 2.37 bits per heavy atom. The molecule has 0 saturated carbocycles. The molecule has 106 valence electrons. The van der Waals surface area contributed by atoms with Gasteiger partial charge in [-0.05, 0) is 31.5 Å². The molecule has 0 aliphatic heterocycles. The van der Waals surface area contributed by atoms with Crippen LogP contribution in [0, 0.1) is 0 Å². The molecule has 0 radical (unpaired) electrons. The van der Waals surface area contributed by atoms with Crippen molar-refractivity contribution >= 4 is 5.91 Å². The van der Waals surface area contributed by atoms with Crippen molar-refractivity contribution in [2.75, 3.05) is 13.2 Å². The molecule has 0 spiro atoms. The number of nitrogens with one attached hydrogen (secondary N) is 1. The van der Waals surface area contributed by atoms with Crippen molar-refractivity contribution in [3.63, 3.8) is 0 Å². The van der Waals surface area contributed by atoms with E-state index < -0.39 is 11.7 Å². The molecule has 1 rings (SSSR count). The number of carbonyl (C=O) groups is 1. The fourth-order valence-corrected chi connectivity index (χ4v) is 1.52. The molecule has 19 heavy (non-hydrogen) atoms. The van der Waals surface area contributed by atoms with Crippen LogP contribution in [0.15, 0.2) is 24.3 Å². The number of benzene rings is 1. The number of carbonyl (C=O) groups excluding carboxylic acids is 1. The minimum Gasteiger partial charge on any atom is -0.372 e. The molecular weight excluding hydrogens is 259 g/mol. The van der Waals surface area contributed by atoms with Gasteiger partial charge in [-0.2, -0.15) is 13.2 Å². The molecule has 1 atom stereocenters. The predicted octanol–water partition coefficient (Wildman–Crippen LogP) is 2.92. The molecule has 0 aromatic heterocycles. The van der Waals surface area contributed by atoms with Crippen LogP contribution in [0.3, 0.4) is 0 Å². The number of hydrogen-bond acceptors (Lipinski definition) is 2. The zero-order valence-corrected chi connectivity index (χ0v) is 10.8. The van der Waals surface area contributed by atoms with Crippen LogP contribution in [0.4, 0.5) is 13.2 Å². The van der Waals surface area contributed by atoms with Crippen LogP contribution in [0.5, 0.6) is 0 Å². The highest BCUT2D eigenvalue weighted by Gasteiger charge is 2.30. The normalized spacial score (nSPS) is 13.1. The van der Waals surface area contributed by atoms with Crippen molar-refractivity contribution < 1.29 is 22.7 Å². The summed E-state index contributed by atoms with van der Waals surface area (Å²) in [5.74, 6) is -0.297. The molecule has 0 aliphatic rings. The smallest absolute Gasteiger partial charge is 0.372 e. The van der Waals surface area contributed by atoms with E-state index in [0.29, 0.717) is 12.2 Å². The summed E-state index contributed by atoms with van der Waals surface area (Å²) < 4.78 is 42.1. The van der Waals surface area contributed by atoms with E-state index in [0.717, 1.165) is 12.1 Å². The summed E-state index contributed by atoms with van der Waals surface area (Å²) in [6.45, 7) is 3.85. The van der Waals surface area contributed by atoms with Gasteiger partial charge in [0.25, 0.3) is 0 Å². The van der Waals surface area contributed by atoms with Gasteiger partial charge >= 0.3 is 6.18 Å². The SMILES string of the molecule is CCOCC(=O)NC(C)c1ccc(C(F)(F)F)cc1. The molecule has 1 aromatic carbocycles. The van der Waals surface area contributed by atoms with Gasteiger partial charge < -0.3 is 10.1 Å². The topological polar surface area (TPSA) is 38.3 Å². The van der Waals surface area contributed by atoms with Crippen LogP contribution < -0.4 is 5.32 Å². The Balaban J connectivity index is 2.63. The summed E-state index contributed by atoms with van der Waals surface area (Å²) >= 11 is 0. The van der Waals surface area contributed by atoms with Gasteiger partial charge in [-0.1, -0.05) is 12.1 Å². The van der Waals surface area contributed by atoms with E-state index in [-0.39, 0.29) is 18.6 Å². The highest BCUT2D eigenvalue weighted by atomic mass is 19.4. The van der Waals surface area contributed by atoms with Gasteiger partial charge in [0.1, 0.15) is 6.61 Å². The number of alkyl halides is 3. The Morgan fingerprint density at radius 2 is 1.89 bits per heavy atom. The second-order valence-electron chi connectivity index (χ2n) is 4.05. The van der Waals surface area contributed by atoms with Crippen LogP contribution in [-0.4, -0.2) is 19.1 Å². The number of hydrogen-bond donors (Lipinski definition) is 1. The molecule has 3 nitrogen and oxygen atoms in total. The number of amides is 1. The van der Waals surface area contributed by atoms with Crippen molar-refractivity contribution in [3.8, 4) is 0 Å². The molecule has 0 fully saturated rings. The van der Waals surface area contributed by atoms with Gasteiger partial charge in [-0.25, -0.2) is 0 Å². The van der Waals surface area contributed by atoms with Crippen molar-refractivity contribution in [2.24, 2.45) is 0 Å². The van der Waals surface area contributed by atoms with Crippen molar-refractivity contribution in [3.05, 3.63) is 35.4 Å². The highest BCUT2D eigenvalue weighted by molar-refractivity contribution is 5.77. The zero-order valence-electron chi connectivity index (χ0n) is 10.8. The summed E-state index contributed by atoms with van der Waals surface area (Å²) in [4.78, 5) is 11.4. The molecule has 1 aromatic rings. The predicted molar refractivity (Wildman–Crippen MR) is 64.5 cm³/mol. The fourth-order valence-electron chi connectivity index (χ4n) is 1.52. The number of rotatable bonds is 5. The van der Waals surface area contributed by atoms with Crippen LogP contribution in [0.1, 0.15) is 31.0 Å². The average molecular weight is 275 g/mol. The van der Waals surface area contributed by atoms with Gasteiger partial charge in [0.05, 0.1) is 11.6 Å². The average Bonchev–Trinajstić information content (AvgIpc) is 2.35. The Morgan fingerprint density at radius 1 is 1.32 bits per heavy atom. The zero-order chi connectivity index (χ0) is 14.5. The van der Waals surface area contributed by atoms with E-state index in [9.17, 15) is 18.0 Å². The maximum atomic E-state index is 12.4. The Kier molecular flexibility index (Phi) is 5.35. The Bertz CT molecular complexity index is 415. The maximum absolute atomic E-state index is 12.4. The Labute approximate surface area is 109 Å². The first kappa shape index (κ1) is 15.5. The van der Waals surface area contributed by atoms with Gasteiger partial charge in [0, 0.05) is 6.61 Å². The van der Waals surface area contributed by atoms with Gasteiger partial charge in [-0.3, -0.25) is 4.79 Å². The molecule has 0 saturated heterocycles. The minimum absolute atomic E-state index is 0.0541. The van der Waals surface area contributed by atoms with E-state index in [2.05, 4.69) is 5.32 Å². The minimum atomic E-state index is -4.35. The lowest BCUT2D eigenvalue weighted by atomic mass is 10.1. The van der Waals surface area contributed by atoms with E-state index in [1.165, 1.54) is 12.1 Å². The first-order valence-electron chi connectivity index (χ1n) is 5.89. The first-order valence-corrected chi connectivity index (χ1v) is 5.89. The fraction of sp³-hybridized carbons (Fsp3) is 0.462. The van der Waals surface area contributed by atoms with Crippen LogP contribution in [-0.2, 0) is 15.7 Å². The lowest BCUT2D eigenvalue weighted by Gasteiger charge is -2.15. The summed E-state index contributed by atoms with van der Waals surface area (Å²) in [7, 11) is 0. The third-order valence-corrected chi connectivity index (χ3v) is 2.55. The van der Waals surface area contributed by atoms with Crippen LogP contribution in [0.2, 0.25) is 0 Å². The van der Waals surface area contributed by atoms with E-state index in [4.69, 9.17) is 4.74 Å². The summed E-state index contributed by atoms with van der Waals surface area (Å²) in [6, 6.07) is 4.35. The molecule has 0 heterocycles. The highest BCUT2D eigenvalue weighted by Crippen LogP contribution is 2.29. The monoisotopic (exact) mass is 275 g/mol. The second kappa shape index (κ2) is 6.56. The third-order valence-electron chi connectivity index (χ3n) is 2.55. The summed E-state index contributed by atoms with van der Waals surface area (Å²) in [5, 5.41) is 2.64. The molecule has 0 aliphatic carbocycles. The van der Waals surface area contributed by atoms with E-state index >= 15 is 0 Å². The lowest BCUT2D eigenvalue weighted by Crippen LogP contribution is -2.30. The molecule has 1 amide bonds. The van der Waals surface area contributed by atoms with E-state index in [1.54, 1.807) is 13.8 Å². The largest absolute Gasteiger partial charge is 0.416 e. The molecule has 1 unspecified atom stereocenters. The lowest BCUT2D eigenvalue weighted by molar-refractivity contribution is -0.137. The summed E-state index contributed by atoms with van der Waals surface area (Å²) in [5.41, 5.74) is -0.0954.